The van der Waals surface area contributed by atoms with Gasteiger partial charge in [0.15, 0.2) is 9.84 Å². The molecule has 1 heterocycles. The minimum Gasteiger partial charge on any atom is -0.494 e. The van der Waals surface area contributed by atoms with Crippen LogP contribution in [0.15, 0.2) is 42.5 Å². The summed E-state index contributed by atoms with van der Waals surface area (Å²) in [5.74, 6) is -0.841. The van der Waals surface area contributed by atoms with Gasteiger partial charge in [0, 0.05) is 17.7 Å². The molecule has 0 aromatic heterocycles. The molecule has 29 heavy (non-hydrogen) atoms. The van der Waals surface area contributed by atoms with Crippen LogP contribution < -0.4 is 20.1 Å². The summed E-state index contributed by atoms with van der Waals surface area (Å²) in [6.07, 6.45) is 0.291. The van der Waals surface area contributed by atoms with Crippen LogP contribution in [0, 0.1) is 5.92 Å². The summed E-state index contributed by atoms with van der Waals surface area (Å²) in [7, 11) is -0.302. The Hall–Kier alpha value is -3.07. The van der Waals surface area contributed by atoms with Crippen LogP contribution in [0.5, 0.6) is 11.5 Å². The molecule has 1 fully saturated rings. The monoisotopic (exact) mass is 418 g/mol. The van der Waals surface area contributed by atoms with Crippen LogP contribution in [-0.4, -0.2) is 46.0 Å². The molecule has 2 aromatic carbocycles. The van der Waals surface area contributed by atoms with E-state index in [1.807, 2.05) is 6.07 Å². The number of methoxy groups -OCH3 is 2. The van der Waals surface area contributed by atoms with E-state index in [4.69, 9.17) is 9.47 Å². The van der Waals surface area contributed by atoms with Gasteiger partial charge < -0.3 is 20.1 Å². The molecule has 154 valence electrons. The number of rotatable bonds is 6. The lowest BCUT2D eigenvalue weighted by atomic mass is 10.1. The molecule has 0 spiro atoms. The summed E-state index contributed by atoms with van der Waals surface area (Å²) in [5.41, 5.74) is 1.18. The lowest BCUT2D eigenvalue weighted by Gasteiger charge is -2.17. The minimum atomic E-state index is -3.17. The van der Waals surface area contributed by atoms with Gasteiger partial charge in [0.1, 0.15) is 11.5 Å². The SMILES string of the molecule is COc1cc(NC(=O)[C@H]2CCS(=O)(=O)C2)c(OC)cc1NC(=O)c1ccccc1. The molecule has 2 N–H and O–H groups in total. The molecule has 2 amide bonds. The standard InChI is InChI=1S/C20H22N2O6S/c1-27-17-11-16(22-20(24)14-8-9-29(25,26)12-14)18(28-2)10-15(17)21-19(23)13-6-4-3-5-7-13/h3-7,10-11,14H,8-9,12H2,1-2H3,(H,21,23)(H,22,24)/t14-/m0/s1. The molecule has 2 aromatic rings. The third-order valence-corrected chi connectivity index (χ3v) is 6.43. The first-order valence-electron chi connectivity index (χ1n) is 8.96. The van der Waals surface area contributed by atoms with Gasteiger partial charge in [-0.15, -0.1) is 0 Å². The van der Waals surface area contributed by atoms with Crippen molar-refractivity contribution in [3.8, 4) is 11.5 Å². The van der Waals surface area contributed by atoms with Crippen LogP contribution in [-0.2, 0) is 14.6 Å². The first kappa shape index (κ1) is 20.7. The Morgan fingerprint density at radius 1 is 0.966 bits per heavy atom. The Labute approximate surface area is 169 Å². The summed E-state index contributed by atoms with van der Waals surface area (Å²) >= 11 is 0. The smallest absolute Gasteiger partial charge is 0.255 e. The largest absolute Gasteiger partial charge is 0.494 e. The Bertz CT molecular complexity index is 1020. The van der Waals surface area contributed by atoms with Gasteiger partial charge in [-0.25, -0.2) is 8.42 Å². The number of ether oxygens (including phenoxy) is 2. The molecule has 1 aliphatic rings. The Morgan fingerprint density at radius 3 is 2.07 bits per heavy atom. The van der Waals surface area contributed by atoms with Gasteiger partial charge in [-0.1, -0.05) is 18.2 Å². The van der Waals surface area contributed by atoms with Crippen LogP contribution in [0.1, 0.15) is 16.8 Å². The lowest BCUT2D eigenvalue weighted by Crippen LogP contribution is -2.24. The first-order chi connectivity index (χ1) is 13.8. The van der Waals surface area contributed by atoms with Crippen molar-refractivity contribution in [2.24, 2.45) is 5.92 Å². The summed E-state index contributed by atoms with van der Waals surface area (Å²) in [6.45, 7) is 0. The van der Waals surface area contributed by atoms with Crippen molar-refractivity contribution < 1.29 is 27.5 Å². The molecular formula is C20H22N2O6S. The van der Waals surface area contributed by atoms with Crippen LogP contribution in [0.3, 0.4) is 0 Å². The highest BCUT2D eigenvalue weighted by Gasteiger charge is 2.33. The number of nitrogens with one attached hydrogen (secondary N) is 2. The van der Waals surface area contributed by atoms with E-state index in [-0.39, 0.29) is 17.4 Å². The topological polar surface area (TPSA) is 111 Å². The number of anilines is 2. The Morgan fingerprint density at radius 2 is 1.55 bits per heavy atom. The molecule has 0 saturated carbocycles. The van der Waals surface area contributed by atoms with E-state index in [1.54, 1.807) is 30.3 Å². The lowest BCUT2D eigenvalue weighted by molar-refractivity contribution is -0.119. The number of hydrogen-bond donors (Lipinski definition) is 2. The molecule has 8 nitrogen and oxygen atoms in total. The number of sulfone groups is 1. The van der Waals surface area contributed by atoms with Gasteiger partial charge in [0.2, 0.25) is 5.91 Å². The molecule has 0 bridgehead atoms. The van der Waals surface area contributed by atoms with E-state index < -0.39 is 21.7 Å². The van der Waals surface area contributed by atoms with Gasteiger partial charge in [0.05, 0.1) is 43.0 Å². The van der Waals surface area contributed by atoms with Crippen molar-refractivity contribution in [2.45, 2.75) is 6.42 Å². The Kier molecular flexibility index (Phi) is 6.07. The highest BCUT2D eigenvalue weighted by molar-refractivity contribution is 7.91. The van der Waals surface area contributed by atoms with E-state index in [0.29, 0.717) is 34.9 Å². The van der Waals surface area contributed by atoms with Crippen molar-refractivity contribution in [1.82, 2.24) is 0 Å². The zero-order valence-corrected chi connectivity index (χ0v) is 16.9. The molecule has 1 saturated heterocycles. The third-order valence-electron chi connectivity index (χ3n) is 4.67. The Balaban J connectivity index is 1.82. The molecule has 0 radical (unpaired) electrons. The average Bonchev–Trinajstić information content (AvgIpc) is 3.09. The van der Waals surface area contributed by atoms with E-state index >= 15 is 0 Å². The maximum atomic E-state index is 12.5. The molecule has 3 rings (SSSR count). The third kappa shape index (κ3) is 4.86. The van der Waals surface area contributed by atoms with Crippen LogP contribution in [0.25, 0.3) is 0 Å². The highest BCUT2D eigenvalue weighted by Crippen LogP contribution is 2.37. The zero-order chi connectivity index (χ0) is 21.0. The molecule has 0 aliphatic carbocycles. The van der Waals surface area contributed by atoms with E-state index in [1.165, 1.54) is 20.3 Å². The summed E-state index contributed by atoms with van der Waals surface area (Å²) in [5, 5.41) is 5.47. The molecular weight excluding hydrogens is 396 g/mol. The van der Waals surface area contributed by atoms with Crippen molar-refractivity contribution in [1.29, 1.82) is 0 Å². The summed E-state index contributed by atoms with van der Waals surface area (Å²) in [6, 6.07) is 11.8. The molecule has 1 aliphatic heterocycles. The maximum Gasteiger partial charge on any atom is 0.255 e. The number of amides is 2. The predicted octanol–water partition coefficient (Wildman–Crippen LogP) is 2.33. The van der Waals surface area contributed by atoms with Gasteiger partial charge in [-0.3, -0.25) is 9.59 Å². The van der Waals surface area contributed by atoms with Gasteiger partial charge in [0.25, 0.3) is 5.91 Å². The first-order valence-corrected chi connectivity index (χ1v) is 10.8. The molecule has 9 heteroatoms. The second kappa shape index (κ2) is 8.52. The highest BCUT2D eigenvalue weighted by atomic mass is 32.2. The van der Waals surface area contributed by atoms with Crippen molar-refractivity contribution in [3.63, 3.8) is 0 Å². The number of hydrogen-bond acceptors (Lipinski definition) is 6. The maximum absolute atomic E-state index is 12.5. The fraction of sp³-hybridized carbons (Fsp3) is 0.300. The van der Waals surface area contributed by atoms with Gasteiger partial charge in [-0.05, 0) is 18.6 Å². The van der Waals surface area contributed by atoms with Crippen molar-refractivity contribution in [3.05, 3.63) is 48.0 Å². The van der Waals surface area contributed by atoms with Crippen LogP contribution in [0.2, 0.25) is 0 Å². The van der Waals surface area contributed by atoms with Gasteiger partial charge in [-0.2, -0.15) is 0 Å². The van der Waals surface area contributed by atoms with E-state index in [0.717, 1.165) is 0 Å². The fourth-order valence-corrected chi connectivity index (χ4v) is 4.86. The van der Waals surface area contributed by atoms with Crippen molar-refractivity contribution >= 4 is 33.0 Å². The molecule has 1 atom stereocenters. The van der Waals surface area contributed by atoms with E-state index in [2.05, 4.69) is 10.6 Å². The van der Waals surface area contributed by atoms with E-state index in [9.17, 15) is 18.0 Å². The second-order valence-electron chi connectivity index (χ2n) is 6.66. The van der Waals surface area contributed by atoms with Crippen LogP contribution in [0.4, 0.5) is 11.4 Å². The molecule has 0 unspecified atom stereocenters. The minimum absolute atomic E-state index is 0.00992. The normalized spacial score (nSPS) is 17.4. The zero-order valence-electron chi connectivity index (χ0n) is 16.1. The predicted molar refractivity (Wildman–Crippen MR) is 109 cm³/mol. The quantitative estimate of drug-likeness (QED) is 0.745. The average molecular weight is 418 g/mol. The second-order valence-corrected chi connectivity index (χ2v) is 8.89. The number of carbonyl (C=O) groups excluding carboxylic acids is 2. The fourth-order valence-electron chi connectivity index (χ4n) is 3.11. The van der Waals surface area contributed by atoms with Crippen molar-refractivity contribution in [2.75, 3.05) is 36.4 Å². The summed E-state index contributed by atoms with van der Waals surface area (Å²) in [4.78, 5) is 24.9. The number of benzene rings is 2. The summed E-state index contributed by atoms with van der Waals surface area (Å²) < 4.78 is 33.9. The van der Waals surface area contributed by atoms with Crippen LogP contribution >= 0.6 is 0 Å². The van der Waals surface area contributed by atoms with Gasteiger partial charge >= 0.3 is 0 Å². The number of carbonyl (C=O) groups is 2.